The van der Waals surface area contributed by atoms with Crippen molar-refractivity contribution in [1.29, 1.82) is 0 Å². The van der Waals surface area contributed by atoms with E-state index in [1.54, 1.807) is 7.11 Å². The van der Waals surface area contributed by atoms with Crippen LogP contribution < -0.4 is 10.1 Å². The van der Waals surface area contributed by atoms with Crippen molar-refractivity contribution >= 4 is 12.0 Å². The Balaban J connectivity index is 1.69. The molecule has 1 fully saturated rings. The molecular weight excluding hydrogens is 380 g/mol. The third-order valence-corrected chi connectivity index (χ3v) is 5.59. The van der Waals surface area contributed by atoms with E-state index >= 15 is 0 Å². The van der Waals surface area contributed by atoms with Crippen LogP contribution in [0.15, 0.2) is 54.6 Å². The van der Waals surface area contributed by atoms with E-state index in [-0.39, 0.29) is 5.91 Å². The van der Waals surface area contributed by atoms with Crippen molar-refractivity contribution in [2.24, 2.45) is 0 Å². The fourth-order valence-electron chi connectivity index (χ4n) is 3.91. The summed E-state index contributed by atoms with van der Waals surface area (Å²) in [7, 11) is 1.61. The van der Waals surface area contributed by atoms with E-state index in [1.165, 1.54) is 0 Å². The lowest BCUT2D eigenvalue weighted by molar-refractivity contribution is -0.135. The Morgan fingerprint density at radius 2 is 1.70 bits per heavy atom. The highest BCUT2D eigenvalue weighted by Crippen LogP contribution is 2.37. The zero-order chi connectivity index (χ0) is 21.4. The van der Waals surface area contributed by atoms with Gasteiger partial charge in [0.1, 0.15) is 11.4 Å². The first-order valence-electron chi connectivity index (χ1n) is 10.5. The Hall–Kier alpha value is -3.02. The number of likely N-dealkylation sites (tertiary alicyclic amines) is 1. The van der Waals surface area contributed by atoms with E-state index in [0.29, 0.717) is 38.9 Å². The summed E-state index contributed by atoms with van der Waals surface area (Å²) in [6.07, 6.45) is 2.07. The van der Waals surface area contributed by atoms with Gasteiger partial charge in [-0.15, -0.1) is 0 Å². The normalized spacial score (nSPS) is 15.3. The topological polar surface area (TPSA) is 67.9 Å². The van der Waals surface area contributed by atoms with Crippen LogP contribution in [0.3, 0.4) is 0 Å². The molecule has 1 aliphatic heterocycles. The van der Waals surface area contributed by atoms with Gasteiger partial charge in [0.2, 0.25) is 5.91 Å². The van der Waals surface area contributed by atoms with Gasteiger partial charge in [0.15, 0.2) is 0 Å². The molecule has 0 atom stereocenters. The fourth-order valence-corrected chi connectivity index (χ4v) is 3.91. The number of piperidine rings is 1. The Kier molecular flexibility index (Phi) is 7.33. The van der Waals surface area contributed by atoms with Crippen molar-refractivity contribution in [3.8, 4) is 5.75 Å². The molecule has 0 spiro atoms. The fraction of sp³-hybridized carbons (Fsp3) is 0.417. The highest BCUT2D eigenvalue weighted by Gasteiger charge is 2.40. The minimum Gasteiger partial charge on any atom is -0.496 e. The standard InChI is InChI=1S/C24H30N2O4/c1-3-9-22(27)26-16-14-24(15-17-26,20-11-5-4-6-12-20)30-23(28)25-18-19-10-7-8-13-21(19)29-2/h4-8,10-13H,3,9,14-18H2,1-2H3,(H,25,28). The van der Waals surface area contributed by atoms with Crippen LogP contribution in [0.4, 0.5) is 4.79 Å². The van der Waals surface area contributed by atoms with Gasteiger partial charge in [-0.25, -0.2) is 4.79 Å². The van der Waals surface area contributed by atoms with E-state index in [1.807, 2.05) is 66.4 Å². The number of ether oxygens (including phenoxy) is 2. The average molecular weight is 411 g/mol. The number of nitrogens with zero attached hydrogens (tertiary/aromatic N) is 1. The highest BCUT2D eigenvalue weighted by molar-refractivity contribution is 5.76. The molecule has 0 unspecified atom stereocenters. The predicted molar refractivity (Wildman–Crippen MR) is 115 cm³/mol. The first kappa shape index (κ1) is 21.7. The summed E-state index contributed by atoms with van der Waals surface area (Å²) >= 11 is 0. The van der Waals surface area contributed by atoms with E-state index in [2.05, 4.69) is 5.32 Å². The van der Waals surface area contributed by atoms with Gasteiger partial charge < -0.3 is 19.7 Å². The van der Waals surface area contributed by atoms with Crippen molar-refractivity contribution in [2.45, 2.75) is 44.8 Å². The van der Waals surface area contributed by atoms with Crippen LogP contribution in [-0.4, -0.2) is 37.1 Å². The van der Waals surface area contributed by atoms with Gasteiger partial charge >= 0.3 is 6.09 Å². The molecular formula is C24H30N2O4. The molecule has 0 aromatic heterocycles. The number of carbonyl (C=O) groups excluding carboxylic acids is 2. The molecule has 3 rings (SSSR count). The third-order valence-electron chi connectivity index (χ3n) is 5.59. The quantitative estimate of drug-likeness (QED) is 0.741. The smallest absolute Gasteiger partial charge is 0.408 e. The van der Waals surface area contributed by atoms with Crippen LogP contribution in [0, 0.1) is 0 Å². The van der Waals surface area contributed by atoms with E-state index in [0.717, 1.165) is 23.3 Å². The maximum Gasteiger partial charge on any atom is 0.408 e. The van der Waals surface area contributed by atoms with Gasteiger partial charge in [-0.2, -0.15) is 0 Å². The van der Waals surface area contributed by atoms with Crippen molar-refractivity contribution in [1.82, 2.24) is 10.2 Å². The number of hydrogen-bond donors (Lipinski definition) is 1. The summed E-state index contributed by atoms with van der Waals surface area (Å²) in [6.45, 7) is 3.47. The molecule has 1 saturated heterocycles. The minimum atomic E-state index is -0.741. The molecule has 1 aliphatic rings. The van der Waals surface area contributed by atoms with Gasteiger partial charge in [-0.1, -0.05) is 55.5 Å². The molecule has 2 amide bonds. The Morgan fingerprint density at radius 3 is 2.37 bits per heavy atom. The molecule has 30 heavy (non-hydrogen) atoms. The van der Waals surface area contributed by atoms with Gasteiger partial charge in [-0.05, 0) is 18.1 Å². The van der Waals surface area contributed by atoms with E-state index in [4.69, 9.17) is 9.47 Å². The number of para-hydroxylation sites is 1. The molecule has 0 aliphatic carbocycles. The predicted octanol–water partition coefficient (Wildman–Crippen LogP) is 4.24. The van der Waals surface area contributed by atoms with Crippen molar-refractivity contribution in [3.05, 3.63) is 65.7 Å². The zero-order valence-corrected chi connectivity index (χ0v) is 17.7. The highest BCUT2D eigenvalue weighted by atomic mass is 16.6. The Labute approximate surface area is 178 Å². The molecule has 2 aromatic rings. The van der Waals surface area contributed by atoms with Crippen LogP contribution in [0.1, 0.15) is 43.7 Å². The lowest BCUT2D eigenvalue weighted by Gasteiger charge is -2.41. The van der Waals surface area contributed by atoms with Gasteiger partial charge in [-0.3, -0.25) is 4.79 Å². The van der Waals surface area contributed by atoms with Gasteiger partial charge in [0.05, 0.1) is 7.11 Å². The van der Waals surface area contributed by atoms with Crippen molar-refractivity contribution < 1.29 is 19.1 Å². The first-order valence-corrected chi connectivity index (χ1v) is 10.5. The number of rotatable bonds is 7. The molecule has 1 N–H and O–H groups in total. The van der Waals surface area contributed by atoms with Gasteiger partial charge in [0, 0.05) is 44.5 Å². The Morgan fingerprint density at radius 1 is 1.03 bits per heavy atom. The summed E-state index contributed by atoms with van der Waals surface area (Å²) in [4.78, 5) is 26.9. The van der Waals surface area contributed by atoms with E-state index in [9.17, 15) is 9.59 Å². The zero-order valence-electron chi connectivity index (χ0n) is 17.7. The molecule has 6 heteroatoms. The number of nitrogens with one attached hydrogen (secondary N) is 1. The maximum absolute atomic E-state index is 12.7. The molecule has 0 bridgehead atoms. The number of amides is 2. The lowest BCUT2D eigenvalue weighted by Crippen LogP contribution is -2.48. The minimum absolute atomic E-state index is 0.166. The SMILES string of the molecule is CCCC(=O)N1CCC(OC(=O)NCc2ccccc2OC)(c2ccccc2)CC1. The molecule has 1 heterocycles. The molecule has 160 valence electrons. The van der Waals surface area contributed by atoms with Crippen LogP contribution in [0.25, 0.3) is 0 Å². The van der Waals surface area contributed by atoms with Crippen molar-refractivity contribution in [2.75, 3.05) is 20.2 Å². The molecule has 0 saturated carbocycles. The second kappa shape index (κ2) is 10.1. The van der Waals surface area contributed by atoms with Crippen LogP contribution in [0.2, 0.25) is 0 Å². The average Bonchev–Trinajstić information content (AvgIpc) is 2.79. The summed E-state index contributed by atoms with van der Waals surface area (Å²) in [5.41, 5.74) is 1.10. The Bertz CT molecular complexity index is 845. The summed E-state index contributed by atoms with van der Waals surface area (Å²) < 4.78 is 11.4. The summed E-state index contributed by atoms with van der Waals surface area (Å²) in [5, 5.41) is 2.85. The monoisotopic (exact) mass is 410 g/mol. The molecule has 6 nitrogen and oxygen atoms in total. The summed E-state index contributed by atoms with van der Waals surface area (Å²) in [5.74, 6) is 0.887. The van der Waals surface area contributed by atoms with Crippen LogP contribution in [-0.2, 0) is 21.7 Å². The maximum atomic E-state index is 12.7. The van der Waals surface area contributed by atoms with Crippen LogP contribution >= 0.6 is 0 Å². The van der Waals surface area contributed by atoms with Crippen molar-refractivity contribution in [3.63, 3.8) is 0 Å². The van der Waals surface area contributed by atoms with Gasteiger partial charge in [0.25, 0.3) is 0 Å². The largest absolute Gasteiger partial charge is 0.496 e. The van der Waals surface area contributed by atoms with E-state index < -0.39 is 11.7 Å². The first-order chi connectivity index (χ1) is 14.6. The number of alkyl carbamates (subject to hydrolysis) is 1. The summed E-state index contributed by atoms with van der Waals surface area (Å²) in [6, 6.07) is 17.4. The number of hydrogen-bond acceptors (Lipinski definition) is 4. The second-order valence-corrected chi connectivity index (χ2v) is 7.55. The molecule has 2 aromatic carbocycles. The lowest BCUT2D eigenvalue weighted by atomic mass is 9.84. The van der Waals surface area contributed by atoms with Crippen LogP contribution in [0.5, 0.6) is 5.75 Å². The number of benzene rings is 2. The third kappa shape index (κ3) is 5.12. The molecule has 0 radical (unpaired) electrons. The number of methoxy groups -OCH3 is 1. The second-order valence-electron chi connectivity index (χ2n) is 7.55. The number of carbonyl (C=O) groups is 2.